The molecule has 3 heteroatoms. The highest BCUT2D eigenvalue weighted by atomic mass is 16.5. The van der Waals surface area contributed by atoms with Gasteiger partial charge in [0.05, 0.1) is 5.92 Å². The second-order valence-corrected chi connectivity index (χ2v) is 7.45. The van der Waals surface area contributed by atoms with Crippen molar-refractivity contribution in [1.29, 1.82) is 0 Å². The zero-order valence-corrected chi connectivity index (χ0v) is 13.4. The molecule has 0 bridgehead atoms. The molecule has 2 aliphatic rings. The van der Waals surface area contributed by atoms with Crippen LogP contribution < -0.4 is 5.73 Å². The Morgan fingerprint density at radius 3 is 2.25 bits per heavy atom. The minimum Gasteiger partial charge on any atom is -0.462 e. The van der Waals surface area contributed by atoms with Crippen molar-refractivity contribution in [3.63, 3.8) is 0 Å². The lowest BCUT2D eigenvalue weighted by Gasteiger charge is -2.45. The third-order valence-electron chi connectivity index (χ3n) is 5.87. The number of carbonyl (C=O) groups excluding carboxylic acids is 1. The molecule has 2 saturated carbocycles. The third kappa shape index (κ3) is 3.36. The van der Waals surface area contributed by atoms with E-state index in [1.807, 2.05) is 0 Å². The molecule has 3 atom stereocenters. The van der Waals surface area contributed by atoms with Crippen molar-refractivity contribution in [3.05, 3.63) is 0 Å². The van der Waals surface area contributed by atoms with E-state index in [0.717, 1.165) is 25.7 Å². The largest absolute Gasteiger partial charge is 0.462 e. The zero-order valence-electron chi connectivity index (χ0n) is 13.4. The second kappa shape index (κ2) is 6.46. The monoisotopic (exact) mass is 281 g/mol. The van der Waals surface area contributed by atoms with E-state index in [1.165, 1.54) is 25.7 Å². The van der Waals surface area contributed by atoms with Gasteiger partial charge in [0.2, 0.25) is 0 Å². The molecule has 0 heterocycles. The van der Waals surface area contributed by atoms with Crippen molar-refractivity contribution in [1.82, 2.24) is 0 Å². The Morgan fingerprint density at radius 2 is 1.65 bits per heavy atom. The molecule has 0 saturated heterocycles. The van der Waals surface area contributed by atoms with Crippen molar-refractivity contribution >= 4 is 5.97 Å². The average molecular weight is 281 g/mol. The topological polar surface area (TPSA) is 52.3 Å². The summed E-state index contributed by atoms with van der Waals surface area (Å²) in [6.45, 7) is 6.53. The van der Waals surface area contributed by atoms with Crippen LogP contribution in [0.15, 0.2) is 0 Å². The van der Waals surface area contributed by atoms with Crippen LogP contribution in [0.3, 0.4) is 0 Å². The lowest BCUT2D eigenvalue weighted by atomic mass is 9.61. The van der Waals surface area contributed by atoms with Gasteiger partial charge in [0, 0.05) is 6.04 Å². The van der Waals surface area contributed by atoms with E-state index in [0.29, 0.717) is 5.92 Å². The van der Waals surface area contributed by atoms with Crippen LogP contribution in [0, 0.1) is 17.3 Å². The molecule has 3 nitrogen and oxygen atoms in total. The average Bonchev–Trinajstić information content (AvgIpc) is 2.64. The van der Waals surface area contributed by atoms with Crippen LogP contribution in [0.5, 0.6) is 0 Å². The molecule has 2 rings (SSSR count). The molecule has 2 fully saturated rings. The lowest BCUT2D eigenvalue weighted by Crippen LogP contribution is -2.49. The van der Waals surface area contributed by atoms with Crippen molar-refractivity contribution in [3.8, 4) is 0 Å². The first kappa shape index (κ1) is 15.8. The lowest BCUT2D eigenvalue weighted by molar-refractivity contribution is -0.163. The summed E-state index contributed by atoms with van der Waals surface area (Å²) in [6, 6.07) is 0.215. The fraction of sp³-hybridized carbons (Fsp3) is 0.941. The normalized spacial score (nSPS) is 35.3. The van der Waals surface area contributed by atoms with Gasteiger partial charge in [-0.3, -0.25) is 4.79 Å². The predicted molar refractivity (Wildman–Crippen MR) is 81.2 cm³/mol. The van der Waals surface area contributed by atoms with Gasteiger partial charge < -0.3 is 10.5 Å². The van der Waals surface area contributed by atoms with Crippen LogP contribution in [0.25, 0.3) is 0 Å². The SMILES string of the molecule is CC1C(N)CCC(C(=O)OC2CCCCCC2)C1(C)C. The molecule has 116 valence electrons. The first-order valence-corrected chi connectivity index (χ1v) is 8.39. The summed E-state index contributed by atoms with van der Waals surface area (Å²) in [7, 11) is 0. The number of hydrogen-bond acceptors (Lipinski definition) is 3. The minimum atomic E-state index is -0.0561. The van der Waals surface area contributed by atoms with Gasteiger partial charge in [0.1, 0.15) is 6.10 Å². The molecule has 2 N–H and O–H groups in total. The molecular weight excluding hydrogens is 250 g/mol. The van der Waals surface area contributed by atoms with E-state index in [1.54, 1.807) is 0 Å². The maximum atomic E-state index is 12.6. The van der Waals surface area contributed by atoms with Gasteiger partial charge in [-0.1, -0.05) is 33.6 Å². The maximum Gasteiger partial charge on any atom is 0.309 e. The Kier molecular flexibility index (Phi) is 5.11. The Hall–Kier alpha value is -0.570. The van der Waals surface area contributed by atoms with Crippen LogP contribution >= 0.6 is 0 Å². The van der Waals surface area contributed by atoms with Crippen molar-refractivity contribution in [2.75, 3.05) is 0 Å². The van der Waals surface area contributed by atoms with Gasteiger partial charge in [-0.05, 0) is 49.9 Å². The van der Waals surface area contributed by atoms with E-state index < -0.39 is 0 Å². The molecule has 0 aromatic carbocycles. The van der Waals surface area contributed by atoms with Gasteiger partial charge in [-0.2, -0.15) is 0 Å². The molecule has 0 amide bonds. The van der Waals surface area contributed by atoms with Crippen molar-refractivity contribution < 1.29 is 9.53 Å². The van der Waals surface area contributed by atoms with Crippen molar-refractivity contribution in [2.24, 2.45) is 23.0 Å². The van der Waals surface area contributed by atoms with Gasteiger partial charge in [0.25, 0.3) is 0 Å². The summed E-state index contributed by atoms with van der Waals surface area (Å²) < 4.78 is 5.85. The molecule has 0 aromatic rings. The first-order chi connectivity index (χ1) is 9.43. The summed E-state index contributed by atoms with van der Waals surface area (Å²) in [6.07, 6.45) is 9.05. The quantitative estimate of drug-likeness (QED) is 0.621. The number of nitrogens with two attached hydrogens (primary N) is 1. The maximum absolute atomic E-state index is 12.6. The van der Waals surface area contributed by atoms with Gasteiger partial charge in [-0.15, -0.1) is 0 Å². The van der Waals surface area contributed by atoms with Gasteiger partial charge in [0.15, 0.2) is 0 Å². The van der Waals surface area contributed by atoms with E-state index in [2.05, 4.69) is 20.8 Å². The number of rotatable bonds is 2. The smallest absolute Gasteiger partial charge is 0.309 e. The van der Waals surface area contributed by atoms with Crippen LogP contribution in [0.4, 0.5) is 0 Å². The van der Waals surface area contributed by atoms with E-state index in [4.69, 9.17) is 10.5 Å². The van der Waals surface area contributed by atoms with Crippen LogP contribution in [0.2, 0.25) is 0 Å². The highest BCUT2D eigenvalue weighted by Crippen LogP contribution is 2.45. The Morgan fingerprint density at radius 1 is 1.05 bits per heavy atom. The highest BCUT2D eigenvalue weighted by Gasteiger charge is 2.46. The molecule has 0 radical (unpaired) electrons. The molecule has 0 spiro atoms. The molecule has 2 aliphatic carbocycles. The standard InChI is InChI=1S/C17H31NO2/c1-12-15(18)11-10-14(17(12,2)3)16(19)20-13-8-6-4-5-7-9-13/h12-15H,4-11,18H2,1-3H3. The molecule has 3 unspecified atom stereocenters. The fourth-order valence-electron chi connectivity index (χ4n) is 3.88. The van der Waals surface area contributed by atoms with E-state index >= 15 is 0 Å². The number of hydrogen-bond donors (Lipinski definition) is 1. The molecule has 0 aliphatic heterocycles. The Balaban J connectivity index is 1.97. The van der Waals surface area contributed by atoms with Gasteiger partial charge >= 0.3 is 5.97 Å². The summed E-state index contributed by atoms with van der Waals surface area (Å²) in [4.78, 5) is 12.6. The third-order valence-corrected chi connectivity index (χ3v) is 5.87. The van der Waals surface area contributed by atoms with Crippen LogP contribution in [-0.4, -0.2) is 18.1 Å². The second-order valence-electron chi connectivity index (χ2n) is 7.45. The number of ether oxygens (including phenoxy) is 1. The van der Waals surface area contributed by atoms with E-state index in [9.17, 15) is 4.79 Å². The van der Waals surface area contributed by atoms with Gasteiger partial charge in [-0.25, -0.2) is 0 Å². The molecule has 0 aromatic heterocycles. The minimum absolute atomic E-state index is 0.0144. The van der Waals surface area contributed by atoms with Crippen LogP contribution in [0.1, 0.15) is 72.1 Å². The molecule has 20 heavy (non-hydrogen) atoms. The highest BCUT2D eigenvalue weighted by molar-refractivity contribution is 5.73. The van der Waals surface area contributed by atoms with Crippen molar-refractivity contribution in [2.45, 2.75) is 84.3 Å². The Labute approximate surface area is 123 Å². The summed E-state index contributed by atoms with van der Waals surface area (Å²) in [5.41, 5.74) is 6.11. The summed E-state index contributed by atoms with van der Waals surface area (Å²) in [5, 5.41) is 0. The zero-order chi connectivity index (χ0) is 14.8. The molecular formula is C17H31NO2. The summed E-state index contributed by atoms with van der Waals surface area (Å²) in [5.74, 6) is 0.407. The number of esters is 1. The van der Waals surface area contributed by atoms with E-state index in [-0.39, 0.29) is 29.4 Å². The first-order valence-electron chi connectivity index (χ1n) is 8.39. The summed E-state index contributed by atoms with van der Waals surface area (Å²) >= 11 is 0. The Bertz CT molecular complexity index is 332. The fourth-order valence-corrected chi connectivity index (χ4v) is 3.88. The predicted octanol–water partition coefficient (Wildman–Crippen LogP) is 3.65. The number of carbonyl (C=O) groups is 1. The van der Waals surface area contributed by atoms with Crippen LogP contribution in [-0.2, 0) is 9.53 Å².